The maximum atomic E-state index is 10.7. The molecule has 2 aromatic rings. The van der Waals surface area contributed by atoms with Crippen LogP contribution in [0.5, 0.6) is 0 Å². The van der Waals surface area contributed by atoms with Crippen molar-refractivity contribution in [3.05, 3.63) is 34.6 Å². The third kappa shape index (κ3) is 2.37. The highest BCUT2D eigenvalue weighted by Crippen LogP contribution is 2.20. The number of halogens is 1. The quantitative estimate of drug-likeness (QED) is 0.510. The molecule has 0 fully saturated rings. The Hall–Kier alpha value is -1.66. The lowest BCUT2D eigenvalue weighted by Crippen LogP contribution is -2.16. The molecule has 7 heteroatoms. The van der Waals surface area contributed by atoms with Gasteiger partial charge in [-0.05, 0) is 6.07 Å². The highest BCUT2D eigenvalue weighted by Gasteiger charge is 2.12. The largest absolute Gasteiger partial charge is 0.390 e. The Morgan fingerprint density at radius 1 is 1.59 bits per heavy atom. The van der Waals surface area contributed by atoms with Crippen molar-refractivity contribution in [3.63, 3.8) is 0 Å². The number of hydrogen-bond donors (Lipinski definition) is 1. The van der Waals surface area contributed by atoms with Gasteiger partial charge in [-0.15, -0.1) is 11.6 Å². The van der Waals surface area contributed by atoms with Crippen LogP contribution in [0.15, 0.2) is 24.5 Å². The second-order valence-corrected chi connectivity index (χ2v) is 3.94. The number of imidazole rings is 1. The summed E-state index contributed by atoms with van der Waals surface area (Å²) in [7, 11) is 0. The lowest BCUT2D eigenvalue weighted by molar-refractivity contribution is -0.384. The van der Waals surface area contributed by atoms with Crippen molar-refractivity contribution >= 4 is 28.3 Å². The average molecular weight is 256 g/mol. The molecule has 1 N–H and O–H groups in total. The fourth-order valence-electron chi connectivity index (χ4n) is 1.58. The molecule has 17 heavy (non-hydrogen) atoms. The van der Waals surface area contributed by atoms with E-state index in [1.165, 1.54) is 18.5 Å². The van der Waals surface area contributed by atoms with Crippen molar-refractivity contribution in [2.24, 2.45) is 0 Å². The van der Waals surface area contributed by atoms with E-state index in [0.29, 0.717) is 11.0 Å². The Bertz CT molecular complexity index is 555. The maximum absolute atomic E-state index is 10.7. The second kappa shape index (κ2) is 4.68. The summed E-state index contributed by atoms with van der Waals surface area (Å²) in [5, 5.41) is 20.1. The molecule has 0 amide bonds. The summed E-state index contributed by atoms with van der Waals surface area (Å²) in [6.45, 7) is 0.265. The predicted molar refractivity (Wildman–Crippen MR) is 63.1 cm³/mol. The molecule has 0 spiro atoms. The topological polar surface area (TPSA) is 81.2 Å². The number of aliphatic hydroxyl groups is 1. The van der Waals surface area contributed by atoms with Crippen LogP contribution in [-0.4, -0.2) is 31.6 Å². The van der Waals surface area contributed by atoms with E-state index in [4.69, 9.17) is 11.6 Å². The number of alkyl halides is 1. The van der Waals surface area contributed by atoms with Gasteiger partial charge in [0.25, 0.3) is 5.69 Å². The van der Waals surface area contributed by atoms with Crippen molar-refractivity contribution in [2.75, 3.05) is 5.88 Å². The number of aliphatic hydroxyl groups excluding tert-OH is 1. The summed E-state index contributed by atoms with van der Waals surface area (Å²) in [5.74, 6) is 0.106. The molecule has 0 aliphatic rings. The van der Waals surface area contributed by atoms with Gasteiger partial charge in [0.2, 0.25) is 0 Å². The van der Waals surface area contributed by atoms with E-state index in [-0.39, 0.29) is 18.1 Å². The standard InChI is InChI=1S/C10H10ClN3O3/c11-4-8(15)5-13-6-12-9-2-1-7(14(16)17)3-10(9)13/h1-3,6,8,15H,4-5H2. The van der Waals surface area contributed by atoms with Crippen molar-refractivity contribution in [2.45, 2.75) is 12.6 Å². The van der Waals surface area contributed by atoms with Gasteiger partial charge in [0.15, 0.2) is 0 Å². The Kier molecular flexibility index (Phi) is 3.26. The van der Waals surface area contributed by atoms with E-state index >= 15 is 0 Å². The fraction of sp³-hybridized carbons (Fsp3) is 0.300. The number of nitro groups is 1. The molecule has 0 aliphatic carbocycles. The molecule has 1 heterocycles. The monoisotopic (exact) mass is 255 g/mol. The summed E-state index contributed by atoms with van der Waals surface area (Å²) in [6.07, 6.45) is 0.831. The first-order valence-corrected chi connectivity index (χ1v) is 5.48. The average Bonchev–Trinajstić information content (AvgIpc) is 2.71. The van der Waals surface area contributed by atoms with Crippen LogP contribution < -0.4 is 0 Å². The first kappa shape index (κ1) is 11.8. The lowest BCUT2D eigenvalue weighted by atomic mass is 10.2. The summed E-state index contributed by atoms with van der Waals surface area (Å²) >= 11 is 5.51. The highest BCUT2D eigenvalue weighted by atomic mass is 35.5. The van der Waals surface area contributed by atoms with Crippen LogP contribution in [0.1, 0.15) is 0 Å². The number of benzene rings is 1. The van der Waals surface area contributed by atoms with E-state index in [2.05, 4.69) is 4.98 Å². The molecule has 0 radical (unpaired) electrons. The molecule has 6 nitrogen and oxygen atoms in total. The number of fused-ring (bicyclic) bond motifs is 1. The van der Waals surface area contributed by atoms with Crippen molar-refractivity contribution in [1.29, 1.82) is 0 Å². The van der Waals surface area contributed by atoms with Gasteiger partial charge in [-0.3, -0.25) is 10.1 Å². The summed E-state index contributed by atoms with van der Waals surface area (Å²) in [6, 6.07) is 4.41. The van der Waals surface area contributed by atoms with Gasteiger partial charge in [-0.2, -0.15) is 0 Å². The maximum Gasteiger partial charge on any atom is 0.271 e. The van der Waals surface area contributed by atoms with Crippen LogP contribution in [0.4, 0.5) is 5.69 Å². The van der Waals surface area contributed by atoms with Gasteiger partial charge in [-0.1, -0.05) is 0 Å². The number of rotatable bonds is 4. The SMILES string of the molecule is O=[N+]([O-])c1ccc2ncn(CC(O)CCl)c2c1. The Morgan fingerprint density at radius 3 is 3.00 bits per heavy atom. The molecule has 0 saturated heterocycles. The van der Waals surface area contributed by atoms with Crippen molar-refractivity contribution < 1.29 is 10.0 Å². The number of nitro benzene ring substituents is 1. The van der Waals surface area contributed by atoms with Crippen LogP contribution >= 0.6 is 11.6 Å². The molecule has 0 saturated carbocycles. The minimum Gasteiger partial charge on any atom is -0.390 e. The zero-order chi connectivity index (χ0) is 12.4. The molecule has 0 aliphatic heterocycles. The first-order valence-electron chi connectivity index (χ1n) is 4.95. The zero-order valence-electron chi connectivity index (χ0n) is 8.78. The predicted octanol–water partition coefficient (Wildman–Crippen LogP) is 1.54. The Balaban J connectivity index is 2.43. The van der Waals surface area contributed by atoms with E-state index in [1.54, 1.807) is 10.6 Å². The van der Waals surface area contributed by atoms with Gasteiger partial charge in [0.05, 0.1) is 40.8 Å². The number of hydrogen-bond acceptors (Lipinski definition) is 4. The zero-order valence-corrected chi connectivity index (χ0v) is 9.54. The summed E-state index contributed by atoms with van der Waals surface area (Å²) in [4.78, 5) is 14.3. The highest BCUT2D eigenvalue weighted by molar-refractivity contribution is 6.18. The molecule has 0 bridgehead atoms. The molecular weight excluding hydrogens is 246 g/mol. The van der Waals surface area contributed by atoms with Crippen LogP contribution in [0.25, 0.3) is 11.0 Å². The van der Waals surface area contributed by atoms with Gasteiger partial charge in [-0.25, -0.2) is 4.98 Å². The van der Waals surface area contributed by atoms with Gasteiger partial charge < -0.3 is 9.67 Å². The number of aromatic nitrogens is 2. The van der Waals surface area contributed by atoms with Gasteiger partial charge >= 0.3 is 0 Å². The first-order chi connectivity index (χ1) is 8.11. The van der Waals surface area contributed by atoms with E-state index in [0.717, 1.165) is 0 Å². The molecule has 1 aromatic carbocycles. The third-order valence-corrected chi connectivity index (χ3v) is 2.76. The van der Waals surface area contributed by atoms with Crippen molar-refractivity contribution in [3.8, 4) is 0 Å². The second-order valence-electron chi connectivity index (χ2n) is 3.64. The van der Waals surface area contributed by atoms with Crippen LogP contribution in [0.3, 0.4) is 0 Å². The molecule has 2 rings (SSSR count). The van der Waals surface area contributed by atoms with Crippen LogP contribution in [0.2, 0.25) is 0 Å². The summed E-state index contributed by atoms with van der Waals surface area (Å²) < 4.78 is 1.65. The van der Waals surface area contributed by atoms with Gasteiger partial charge in [0, 0.05) is 12.1 Å². The minimum atomic E-state index is -0.701. The van der Waals surface area contributed by atoms with E-state index < -0.39 is 11.0 Å². The molecule has 1 aromatic heterocycles. The van der Waals surface area contributed by atoms with Crippen LogP contribution in [0, 0.1) is 10.1 Å². The van der Waals surface area contributed by atoms with E-state index in [9.17, 15) is 15.2 Å². The van der Waals surface area contributed by atoms with Gasteiger partial charge in [0.1, 0.15) is 0 Å². The fourth-order valence-corrected chi connectivity index (χ4v) is 1.68. The van der Waals surface area contributed by atoms with E-state index in [1.807, 2.05) is 0 Å². The molecular formula is C10H10ClN3O3. The number of non-ortho nitro benzene ring substituents is 1. The van der Waals surface area contributed by atoms with Crippen molar-refractivity contribution in [1.82, 2.24) is 9.55 Å². The Labute approximate surface area is 102 Å². The lowest BCUT2D eigenvalue weighted by Gasteiger charge is -2.08. The molecule has 1 atom stereocenters. The van der Waals surface area contributed by atoms with Crippen LogP contribution in [-0.2, 0) is 6.54 Å². The smallest absolute Gasteiger partial charge is 0.271 e. The normalized spacial score (nSPS) is 12.8. The third-order valence-electron chi connectivity index (χ3n) is 2.40. The Morgan fingerprint density at radius 2 is 2.35 bits per heavy atom. The molecule has 1 unspecified atom stereocenters. The molecule has 90 valence electrons. The number of nitrogens with zero attached hydrogens (tertiary/aromatic N) is 3. The summed E-state index contributed by atoms with van der Waals surface area (Å²) in [5.41, 5.74) is 1.26. The minimum absolute atomic E-state index is 0.000358.